The van der Waals surface area contributed by atoms with Crippen LogP contribution < -0.4 is 4.90 Å². The van der Waals surface area contributed by atoms with Gasteiger partial charge in [0, 0.05) is 66.5 Å². The molecule has 9 heteroatoms. The molecule has 2 aromatic carbocycles. The Labute approximate surface area is 178 Å². The van der Waals surface area contributed by atoms with Crippen LogP contribution >= 0.6 is 11.6 Å². The number of anilines is 1. The molecule has 0 saturated carbocycles. The first-order valence-electron chi connectivity index (χ1n) is 9.53. The fraction of sp³-hybridized carbons (Fsp3) is 0.238. The first-order valence-corrected chi connectivity index (χ1v) is 9.91. The highest BCUT2D eigenvalue weighted by Gasteiger charge is 2.27. The van der Waals surface area contributed by atoms with Gasteiger partial charge in [-0.25, -0.2) is 4.98 Å². The molecule has 8 nitrogen and oxygen atoms in total. The first-order chi connectivity index (χ1) is 14.5. The van der Waals surface area contributed by atoms with Crippen molar-refractivity contribution >= 4 is 29.1 Å². The Morgan fingerprint density at radius 1 is 1.13 bits per heavy atom. The third-order valence-electron chi connectivity index (χ3n) is 5.29. The minimum absolute atomic E-state index is 0.0389. The van der Waals surface area contributed by atoms with Gasteiger partial charge in [0.15, 0.2) is 0 Å². The molecule has 154 valence electrons. The number of benzene rings is 2. The van der Waals surface area contributed by atoms with Crippen molar-refractivity contribution in [3.05, 3.63) is 81.1 Å². The summed E-state index contributed by atoms with van der Waals surface area (Å²) in [5, 5.41) is 11.8. The second-order valence-electron chi connectivity index (χ2n) is 7.06. The van der Waals surface area contributed by atoms with E-state index in [1.807, 2.05) is 35.0 Å². The van der Waals surface area contributed by atoms with Crippen molar-refractivity contribution in [3.63, 3.8) is 0 Å². The van der Waals surface area contributed by atoms with E-state index in [9.17, 15) is 14.9 Å². The zero-order valence-electron chi connectivity index (χ0n) is 16.4. The maximum atomic E-state index is 13.0. The molecule has 2 heterocycles. The van der Waals surface area contributed by atoms with Gasteiger partial charge in [-0.2, -0.15) is 0 Å². The Kier molecular flexibility index (Phi) is 5.41. The summed E-state index contributed by atoms with van der Waals surface area (Å²) in [4.78, 5) is 32.0. The van der Waals surface area contributed by atoms with Gasteiger partial charge in [-0.15, -0.1) is 0 Å². The zero-order valence-corrected chi connectivity index (χ0v) is 17.1. The van der Waals surface area contributed by atoms with E-state index >= 15 is 0 Å². The number of piperazine rings is 1. The van der Waals surface area contributed by atoms with E-state index in [4.69, 9.17) is 11.6 Å². The Hall–Kier alpha value is -3.39. The summed E-state index contributed by atoms with van der Waals surface area (Å²) >= 11 is 6.12. The van der Waals surface area contributed by atoms with Crippen LogP contribution in [0.4, 0.5) is 11.6 Å². The van der Waals surface area contributed by atoms with Crippen molar-refractivity contribution in [1.29, 1.82) is 0 Å². The van der Waals surface area contributed by atoms with Gasteiger partial charge >= 0.3 is 0 Å². The molecule has 1 aliphatic rings. The predicted molar refractivity (Wildman–Crippen MR) is 115 cm³/mol. The molecule has 3 aromatic rings. The van der Waals surface area contributed by atoms with Crippen molar-refractivity contribution in [2.75, 3.05) is 31.1 Å². The number of aromatic nitrogens is 2. The lowest BCUT2D eigenvalue weighted by atomic mass is 10.1. The van der Waals surface area contributed by atoms with Gasteiger partial charge in [0.2, 0.25) is 5.95 Å². The molecule has 0 atom stereocenters. The van der Waals surface area contributed by atoms with Crippen molar-refractivity contribution in [3.8, 4) is 5.69 Å². The van der Waals surface area contributed by atoms with Gasteiger partial charge in [-0.05, 0) is 31.2 Å². The van der Waals surface area contributed by atoms with Crippen molar-refractivity contribution in [2.45, 2.75) is 6.92 Å². The summed E-state index contributed by atoms with van der Waals surface area (Å²) < 4.78 is 1.97. The van der Waals surface area contributed by atoms with Gasteiger partial charge < -0.3 is 9.80 Å². The Bertz CT molecular complexity index is 1110. The molecule has 0 N–H and O–H groups in total. The molecular weight excluding hydrogens is 406 g/mol. The fourth-order valence-electron chi connectivity index (χ4n) is 3.69. The number of carbonyl (C=O) groups is 1. The topological polar surface area (TPSA) is 84.5 Å². The average Bonchev–Trinajstić information content (AvgIpc) is 3.23. The van der Waals surface area contributed by atoms with Gasteiger partial charge in [-0.3, -0.25) is 19.5 Å². The highest BCUT2D eigenvalue weighted by molar-refractivity contribution is 6.30. The largest absolute Gasteiger partial charge is 0.338 e. The summed E-state index contributed by atoms with van der Waals surface area (Å²) in [7, 11) is 0. The second-order valence-corrected chi connectivity index (χ2v) is 7.50. The van der Waals surface area contributed by atoms with Gasteiger partial charge in [-0.1, -0.05) is 23.7 Å². The first kappa shape index (κ1) is 19.9. The number of halogens is 1. The summed E-state index contributed by atoms with van der Waals surface area (Å²) in [6, 6.07) is 12.2. The second kappa shape index (κ2) is 8.16. The molecule has 0 spiro atoms. The Balaban J connectivity index is 1.49. The molecule has 0 radical (unpaired) electrons. The third-order valence-corrected chi connectivity index (χ3v) is 5.52. The van der Waals surface area contributed by atoms with Crippen LogP contribution in [0.25, 0.3) is 5.69 Å². The molecule has 1 fully saturated rings. The van der Waals surface area contributed by atoms with Gasteiger partial charge in [0.05, 0.1) is 4.92 Å². The molecule has 0 bridgehead atoms. The lowest BCUT2D eigenvalue weighted by Crippen LogP contribution is -2.49. The number of hydrogen-bond donors (Lipinski definition) is 0. The number of amides is 1. The minimum atomic E-state index is -0.459. The van der Waals surface area contributed by atoms with E-state index in [0.717, 1.165) is 11.6 Å². The molecular formula is C21H20ClN5O3. The molecule has 1 amide bonds. The molecule has 1 aromatic heterocycles. The van der Waals surface area contributed by atoms with Crippen LogP contribution in [0.3, 0.4) is 0 Å². The van der Waals surface area contributed by atoms with Crippen molar-refractivity contribution in [2.24, 2.45) is 0 Å². The number of carbonyl (C=O) groups excluding carboxylic acids is 1. The molecule has 4 rings (SSSR count). The summed E-state index contributed by atoms with van der Waals surface area (Å²) in [5.74, 6) is 0.602. The normalized spacial score (nSPS) is 14.1. The predicted octanol–water partition coefficient (Wildman–Crippen LogP) is 3.70. The Morgan fingerprint density at radius 3 is 2.57 bits per heavy atom. The monoisotopic (exact) mass is 425 g/mol. The van der Waals surface area contributed by atoms with Crippen LogP contribution in [-0.4, -0.2) is 51.5 Å². The molecule has 30 heavy (non-hydrogen) atoms. The number of nitro benzene ring substituents is 1. The molecule has 0 unspecified atom stereocenters. The number of hydrogen-bond acceptors (Lipinski definition) is 5. The van der Waals surface area contributed by atoms with Crippen LogP contribution in [0.5, 0.6) is 0 Å². The van der Waals surface area contributed by atoms with Crippen LogP contribution in [0.15, 0.2) is 54.9 Å². The summed E-state index contributed by atoms with van der Waals surface area (Å²) in [5.41, 5.74) is 1.65. The van der Waals surface area contributed by atoms with Gasteiger partial charge in [0.25, 0.3) is 11.6 Å². The average molecular weight is 426 g/mol. The minimum Gasteiger partial charge on any atom is -0.338 e. The molecule has 1 aliphatic heterocycles. The number of rotatable bonds is 4. The number of nitrogens with zero attached hydrogens (tertiary/aromatic N) is 5. The number of nitro groups is 1. The number of imidazole rings is 1. The lowest BCUT2D eigenvalue weighted by molar-refractivity contribution is -0.385. The quantitative estimate of drug-likeness (QED) is 0.470. The lowest BCUT2D eigenvalue weighted by Gasteiger charge is -2.35. The van der Waals surface area contributed by atoms with Crippen molar-refractivity contribution in [1.82, 2.24) is 14.5 Å². The maximum Gasteiger partial charge on any atom is 0.273 e. The summed E-state index contributed by atoms with van der Waals surface area (Å²) in [6.07, 6.45) is 3.62. The zero-order chi connectivity index (χ0) is 21.3. The summed E-state index contributed by atoms with van der Waals surface area (Å²) in [6.45, 7) is 3.84. The molecule has 1 saturated heterocycles. The van der Waals surface area contributed by atoms with Gasteiger partial charge in [0.1, 0.15) is 0 Å². The smallest absolute Gasteiger partial charge is 0.273 e. The standard InChI is InChI=1S/C21H20ClN5O3/c1-15-18(6-3-7-19(15)27(29)30)20(28)24-10-12-25(13-11-24)21-23-8-9-26(21)17-5-2-4-16(22)14-17/h2-9,14H,10-13H2,1H3. The van der Waals surface area contributed by atoms with E-state index in [2.05, 4.69) is 9.88 Å². The van der Waals surface area contributed by atoms with Crippen LogP contribution in [0, 0.1) is 17.0 Å². The maximum absolute atomic E-state index is 13.0. The van der Waals surface area contributed by atoms with E-state index in [1.54, 1.807) is 30.2 Å². The van der Waals surface area contributed by atoms with E-state index < -0.39 is 4.92 Å². The highest BCUT2D eigenvalue weighted by Crippen LogP contribution is 2.25. The van der Waals surface area contributed by atoms with E-state index in [-0.39, 0.29) is 11.6 Å². The van der Waals surface area contributed by atoms with Crippen molar-refractivity contribution < 1.29 is 9.72 Å². The molecule has 0 aliphatic carbocycles. The van der Waals surface area contributed by atoms with E-state index in [0.29, 0.717) is 42.3 Å². The fourth-order valence-corrected chi connectivity index (χ4v) is 3.87. The SMILES string of the molecule is Cc1c(C(=O)N2CCN(c3nccn3-c3cccc(Cl)c3)CC2)cccc1[N+](=O)[O-]. The van der Waals surface area contributed by atoms with Crippen LogP contribution in [0.1, 0.15) is 15.9 Å². The Morgan fingerprint density at radius 2 is 1.87 bits per heavy atom. The highest BCUT2D eigenvalue weighted by atomic mass is 35.5. The third kappa shape index (κ3) is 3.73. The van der Waals surface area contributed by atoms with Crippen LogP contribution in [-0.2, 0) is 0 Å². The van der Waals surface area contributed by atoms with Crippen LogP contribution in [0.2, 0.25) is 5.02 Å². The van der Waals surface area contributed by atoms with E-state index in [1.165, 1.54) is 6.07 Å².